The summed E-state index contributed by atoms with van der Waals surface area (Å²) in [5.41, 5.74) is 1.07. The van der Waals surface area contributed by atoms with Crippen LogP contribution >= 0.6 is 0 Å². The number of nitrogens with zero attached hydrogens (tertiary/aromatic N) is 2. The average Bonchev–Trinajstić information content (AvgIpc) is 2.29. The number of aromatic nitrogens is 1. The fraction of sp³-hybridized carbons (Fsp3) is 0.583. The molecule has 4 heteroatoms. The highest BCUT2D eigenvalue weighted by atomic mass is 16.5. The minimum atomic E-state index is 0.394. The molecule has 1 rings (SSSR count). The van der Waals surface area contributed by atoms with Crippen LogP contribution in [0.5, 0.6) is 0 Å². The Kier molecular flexibility index (Phi) is 5.22. The summed E-state index contributed by atoms with van der Waals surface area (Å²) in [6.07, 6.45) is 0. The molecule has 16 heavy (non-hydrogen) atoms. The first-order valence-corrected chi connectivity index (χ1v) is 5.50. The maximum absolute atomic E-state index is 5.13. The lowest BCUT2D eigenvalue weighted by atomic mass is 10.2. The zero-order valence-electron chi connectivity index (χ0n) is 10.5. The molecule has 90 valence electrons. The molecule has 0 aliphatic carbocycles. The first-order chi connectivity index (χ1) is 7.67. The molecular formula is C12H21N3O. The van der Waals surface area contributed by atoms with Crippen molar-refractivity contribution in [3.63, 3.8) is 0 Å². The van der Waals surface area contributed by atoms with Gasteiger partial charge < -0.3 is 10.1 Å². The summed E-state index contributed by atoms with van der Waals surface area (Å²) in [4.78, 5) is 6.71. The lowest BCUT2D eigenvalue weighted by Crippen LogP contribution is -2.32. The molecule has 0 aromatic carbocycles. The van der Waals surface area contributed by atoms with Crippen molar-refractivity contribution in [2.75, 3.05) is 33.1 Å². The molecule has 1 atom stereocenters. The molecule has 1 unspecified atom stereocenters. The van der Waals surface area contributed by atoms with Crippen LogP contribution in [-0.2, 0) is 11.3 Å². The molecule has 0 spiro atoms. The summed E-state index contributed by atoms with van der Waals surface area (Å²) in [6.45, 7) is 3.72. The van der Waals surface area contributed by atoms with E-state index in [1.807, 2.05) is 25.2 Å². The van der Waals surface area contributed by atoms with Crippen molar-refractivity contribution in [2.24, 2.45) is 0 Å². The number of hydrogen-bond acceptors (Lipinski definition) is 4. The summed E-state index contributed by atoms with van der Waals surface area (Å²) in [6, 6.07) is 6.41. The number of anilines is 1. The third kappa shape index (κ3) is 3.79. The molecule has 1 aromatic heterocycles. The van der Waals surface area contributed by atoms with Crippen LogP contribution in [0.1, 0.15) is 12.6 Å². The fourth-order valence-corrected chi connectivity index (χ4v) is 1.49. The quantitative estimate of drug-likeness (QED) is 0.794. The minimum absolute atomic E-state index is 0.394. The Morgan fingerprint density at radius 1 is 1.50 bits per heavy atom. The average molecular weight is 223 g/mol. The van der Waals surface area contributed by atoms with Gasteiger partial charge in [0.15, 0.2) is 0 Å². The van der Waals surface area contributed by atoms with Crippen LogP contribution in [0.4, 0.5) is 5.82 Å². The highest BCUT2D eigenvalue weighted by Crippen LogP contribution is 2.07. The van der Waals surface area contributed by atoms with Gasteiger partial charge in [0, 0.05) is 26.7 Å². The van der Waals surface area contributed by atoms with Crippen molar-refractivity contribution in [1.82, 2.24) is 9.88 Å². The largest absolute Gasteiger partial charge is 0.383 e. The fourth-order valence-electron chi connectivity index (χ4n) is 1.49. The van der Waals surface area contributed by atoms with E-state index < -0.39 is 0 Å². The molecule has 0 bridgehead atoms. The van der Waals surface area contributed by atoms with Gasteiger partial charge in [0.2, 0.25) is 0 Å². The summed E-state index contributed by atoms with van der Waals surface area (Å²) < 4.78 is 5.13. The van der Waals surface area contributed by atoms with Crippen molar-refractivity contribution in [3.05, 3.63) is 23.9 Å². The Morgan fingerprint density at radius 3 is 2.88 bits per heavy atom. The second-order valence-electron chi connectivity index (χ2n) is 3.98. The van der Waals surface area contributed by atoms with Gasteiger partial charge in [-0.05, 0) is 26.1 Å². The van der Waals surface area contributed by atoms with E-state index in [1.165, 1.54) is 0 Å². The Hall–Kier alpha value is -1.13. The third-order valence-electron chi connectivity index (χ3n) is 2.63. The van der Waals surface area contributed by atoms with Crippen molar-refractivity contribution in [1.29, 1.82) is 0 Å². The summed E-state index contributed by atoms with van der Waals surface area (Å²) in [5.74, 6) is 0.908. The van der Waals surface area contributed by atoms with Gasteiger partial charge in [-0.25, -0.2) is 4.98 Å². The maximum Gasteiger partial charge on any atom is 0.126 e. The monoisotopic (exact) mass is 223 g/mol. The summed E-state index contributed by atoms with van der Waals surface area (Å²) in [5, 5.41) is 3.04. The highest BCUT2D eigenvalue weighted by Gasteiger charge is 2.09. The van der Waals surface area contributed by atoms with E-state index in [-0.39, 0.29) is 0 Å². The molecule has 0 saturated carbocycles. The second-order valence-corrected chi connectivity index (χ2v) is 3.98. The van der Waals surface area contributed by atoms with Crippen molar-refractivity contribution >= 4 is 5.82 Å². The lowest BCUT2D eigenvalue weighted by Gasteiger charge is -2.23. The summed E-state index contributed by atoms with van der Waals surface area (Å²) >= 11 is 0. The van der Waals surface area contributed by atoms with Gasteiger partial charge in [0.05, 0.1) is 12.3 Å². The van der Waals surface area contributed by atoms with Gasteiger partial charge in [-0.3, -0.25) is 4.90 Å². The van der Waals surface area contributed by atoms with E-state index in [0.29, 0.717) is 6.04 Å². The SMILES string of the molecule is CNc1cccc(CN(C)C(C)COC)n1. The van der Waals surface area contributed by atoms with Crippen molar-refractivity contribution < 1.29 is 4.74 Å². The van der Waals surface area contributed by atoms with E-state index in [9.17, 15) is 0 Å². The smallest absolute Gasteiger partial charge is 0.126 e. The van der Waals surface area contributed by atoms with Crippen LogP contribution in [0.25, 0.3) is 0 Å². The van der Waals surface area contributed by atoms with Crippen LogP contribution in [0.3, 0.4) is 0 Å². The predicted octanol–water partition coefficient (Wildman–Crippen LogP) is 1.59. The lowest BCUT2D eigenvalue weighted by molar-refractivity contribution is 0.111. The van der Waals surface area contributed by atoms with Gasteiger partial charge in [0.1, 0.15) is 5.82 Å². The van der Waals surface area contributed by atoms with Gasteiger partial charge >= 0.3 is 0 Å². The molecule has 0 amide bonds. The molecule has 0 aliphatic rings. The zero-order chi connectivity index (χ0) is 12.0. The topological polar surface area (TPSA) is 37.4 Å². The Bertz CT molecular complexity index is 317. The highest BCUT2D eigenvalue weighted by molar-refractivity contribution is 5.34. The van der Waals surface area contributed by atoms with Gasteiger partial charge in [0.25, 0.3) is 0 Å². The minimum Gasteiger partial charge on any atom is -0.383 e. The molecular weight excluding hydrogens is 202 g/mol. The van der Waals surface area contributed by atoms with Crippen LogP contribution < -0.4 is 5.32 Å². The van der Waals surface area contributed by atoms with Crippen LogP contribution in [0, 0.1) is 0 Å². The van der Waals surface area contributed by atoms with Gasteiger partial charge in [-0.15, -0.1) is 0 Å². The number of ether oxygens (including phenoxy) is 1. The molecule has 0 saturated heterocycles. The molecule has 0 fully saturated rings. The van der Waals surface area contributed by atoms with Crippen LogP contribution in [0.15, 0.2) is 18.2 Å². The van der Waals surface area contributed by atoms with Crippen LogP contribution in [0.2, 0.25) is 0 Å². The van der Waals surface area contributed by atoms with E-state index in [0.717, 1.165) is 24.7 Å². The van der Waals surface area contributed by atoms with Crippen molar-refractivity contribution in [2.45, 2.75) is 19.5 Å². The van der Waals surface area contributed by atoms with Gasteiger partial charge in [-0.2, -0.15) is 0 Å². The molecule has 1 aromatic rings. The Morgan fingerprint density at radius 2 is 2.25 bits per heavy atom. The summed E-state index contributed by atoms with van der Waals surface area (Å²) in [7, 11) is 5.69. The molecule has 0 radical (unpaired) electrons. The molecule has 1 N–H and O–H groups in total. The second kappa shape index (κ2) is 6.45. The number of rotatable bonds is 6. The third-order valence-corrected chi connectivity index (χ3v) is 2.63. The van der Waals surface area contributed by atoms with E-state index in [2.05, 4.69) is 29.2 Å². The first kappa shape index (κ1) is 12.9. The molecule has 1 heterocycles. The van der Waals surface area contributed by atoms with E-state index in [1.54, 1.807) is 7.11 Å². The Balaban J connectivity index is 2.58. The molecule has 0 aliphatic heterocycles. The number of methoxy groups -OCH3 is 1. The van der Waals surface area contributed by atoms with E-state index in [4.69, 9.17) is 4.74 Å². The Labute approximate surface area is 97.6 Å². The number of pyridine rings is 1. The number of nitrogens with one attached hydrogen (secondary N) is 1. The standard InChI is InChI=1S/C12H21N3O/c1-10(9-16-4)15(3)8-11-6-5-7-12(13-2)14-11/h5-7,10H,8-9H2,1-4H3,(H,13,14). The number of likely N-dealkylation sites (N-methyl/N-ethyl adjacent to an activating group) is 1. The van der Waals surface area contributed by atoms with Crippen LogP contribution in [-0.4, -0.2) is 43.7 Å². The maximum atomic E-state index is 5.13. The molecule has 4 nitrogen and oxygen atoms in total. The normalized spacial score (nSPS) is 12.8. The predicted molar refractivity (Wildman–Crippen MR) is 66.6 cm³/mol. The van der Waals surface area contributed by atoms with Gasteiger partial charge in [-0.1, -0.05) is 6.07 Å². The van der Waals surface area contributed by atoms with E-state index >= 15 is 0 Å². The first-order valence-electron chi connectivity index (χ1n) is 5.50. The number of hydrogen-bond donors (Lipinski definition) is 1. The van der Waals surface area contributed by atoms with Crippen molar-refractivity contribution in [3.8, 4) is 0 Å². The zero-order valence-corrected chi connectivity index (χ0v) is 10.5.